The molecule has 8 rings (SSSR count). The Balaban J connectivity index is 0.000000181. The molecule has 0 aliphatic carbocycles. The first kappa shape index (κ1) is 55.6. The molecule has 0 amide bonds. The minimum absolute atomic E-state index is 0.0812. The lowest BCUT2D eigenvalue weighted by Crippen LogP contribution is -2.56. The maximum Gasteiger partial charge on any atom is 0.328 e. The van der Waals surface area contributed by atoms with Crippen molar-refractivity contribution in [3.8, 4) is 0 Å². The lowest BCUT2D eigenvalue weighted by Gasteiger charge is -2.36. The molecule has 5 N–H and O–H groups in total. The number of hydrazine groups is 4. The zero-order valence-corrected chi connectivity index (χ0v) is 43.5. The zero-order valence-electron chi connectivity index (χ0n) is 42.7. The van der Waals surface area contributed by atoms with Crippen molar-refractivity contribution >= 4 is 56.5 Å². The van der Waals surface area contributed by atoms with Gasteiger partial charge in [0.25, 0.3) is 10.1 Å². The zero-order chi connectivity index (χ0) is 52.9. The van der Waals surface area contributed by atoms with E-state index in [1.54, 1.807) is 0 Å². The second kappa shape index (κ2) is 27.4. The molecule has 2 heterocycles. The number of anilines is 4. The van der Waals surface area contributed by atoms with Crippen molar-refractivity contribution in [2.45, 2.75) is 96.7 Å². The third-order valence-corrected chi connectivity index (χ3v) is 14.7. The van der Waals surface area contributed by atoms with Crippen LogP contribution in [0, 0.1) is 17.8 Å². The second-order valence-electron chi connectivity index (χ2n) is 18.2. The van der Waals surface area contributed by atoms with Crippen LogP contribution in [-0.4, -0.2) is 51.5 Å². The SMILES string of the molecule is CCCCC(CC)CC(C(=O)O)C(CC(CC)CCCC)(C(=O)O)S(=O)(=O)O.c1ccc(C2=NN(c3ccccc3)N(c3ccccc3)N2)cc1.c1ccc(C2=NN(c3ccccc3)N(c3ccccc3)N2)cc1. The first-order chi connectivity index (χ1) is 35.8. The Kier molecular flexibility index (Phi) is 20.6. The van der Waals surface area contributed by atoms with Crippen LogP contribution in [0.4, 0.5) is 22.7 Å². The normalized spacial score (nSPS) is 15.1. The van der Waals surface area contributed by atoms with Crippen LogP contribution in [0.15, 0.2) is 192 Å². The van der Waals surface area contributed by atoms with Gasteiger partial charge in [-0.25, -0.2) is 0 Å². The monoisotopic (exact) mass is 1020 g/mol. The molecule has 6 aromatic rings. The van der Waals surface area contributed by atoms with Gasteiger partial charge in [0.1, 0.15) is 0 Å². The smallest absolute Gasteiger partial charge is 0.328 e. The van der Waals surface area contributed by atoms with Gasteiger partial charge in [0.05, 0.1) is 28.7 Å². The Morgan fingerprint density at radius 3 is 1.18 bits per heavy atom. The van der Waals surface area contributed by atoms with Gasteiger partial charge in [0.2, 0.25) is 4.75 Å². The first-order valence-corrected chi connectivity index (χ1v) is 26.9. The number of hydrogen-bond donors (Lipinski definition) is 5. The molecule has 4 unspecified atom stereocenters. The molecule has 0 saturated heterocycles. The number of nitrogens with one attached hydrogen (secondary N) is 2. The van der Waals surface area contributed by atoms with Crippen LogP contribution in [0.3, 0.4) is 0 Å². The molecule has 16 heteroatoms. The minimum Gasteiger partial charge on any atom is -0.481 e. The number of carboxylic acid groups (broad SMARTS) is 2. The fourth-order valence-corrected chi connectivity index (χ4v) is 10.2. The van der Waals surface area contributed by atoms with Crippen LogP contribution in [0.5, 0.6) is 0 Å². The maximum absolute atomic E-state index is 12.4. The van der Waals surface area contributed by atoms with Gasteiger partial charge in [-0.2, -0.15) is 28.9 Å². The third kappa shape index (κ3) is 14.3. The summed E-state index contributed by atoms with van der Waals surface area (Å²) in [6.07, 6.45) is 5.37. The maximum atomic E-state index is 12.4. The number of carboxylic acids is 2. The van der Waals surface area contributed by atoms with Gasteiger partial charge in [-0.1, -0.05) is 213 Å². The van der Waals surface area contributed by atoms with E-state index in [1.165, 1.54) is 0 Å². The highest BCUT2D eigenvalue weighted by Crippen LogP contribution is 2.41. The van der Waals surface area contributed by atoms with Crippen molar-refractivity contribution in [3.63, 3.8) is 0 Å². The van der Waals surface area contributed by atoms with Gasteiger partial charge in [0.15, 0.2) is 11.7 Å². The molecule has 0 spiro atoms. The summed E-state index contributed by atoms with van der Waals surface area (Å²) in [5.74, 6) is -3.73. The summed E-state index contributed by atoms with van der Waals surface area (Å²) < 4.78 is 32.0. The molecule has 0 radical (unpaired) electrons. The number of aliphatic carboxylic acids is 2. The minimum atomic E-state index is -5.15. The molecule has 74 heavy (non-hydrogen) atoms. The first-order valence-electron chi connectivity index (χ1n) is 25.5. The number of nitrogens with zero attached hydrogens (tertiary/aromatic N) is 6. The number of benzene rings is 6. The lowest BCUT2D eigenvalue weighted by molar-refractivity contribution is -0.153. The molecule has 4 atom stereocenters. The summed E-state index contributed by atoms with van der Waals surface area (Å²) in [6.45, 7) is 7.67. The van der Waals surface area contributed by atoms with Gasteiger partial charge in [0, 0.05) is 11.1 Å². The van der Waals surface area contributed by atoms with E-state index in [0.29, 0.717) is 25.7 Å². The predicted molar refractivity (Wildman–Crippen MR) is 297 cm³/mol. The number of para-hydroxylation sites is 4. The number of amidine groups is 2. The van der Waals surface area contributed by atoms with Crippen molar-refractivity contribution in [2.24, 2.45) is 28.0 Å². The molecular weight excluding hydrogens is 953 g/mol. The summed E-state index contributed by atoms with van der Waals surface area (Å²) in [5, 5.41) is 36.9. The van der Waals surface area contributed by atoms with Gasteiger partial charge in [-0.3, -0.25) is 25.0 Å². The van der Waals surface area contributed by atoms with E-state index in [2.05, 4.69) is 10.9 Å². The average Bonchev–Trinajstić information content (AvgIpc) is 4.10. The molecule has 0 fully saturated rings. The van der Waals surface area contributed by atoms with E-state index in [1.807, 2.05) is 230 Å². The van der Waals surface area contributed by atoms with Crippen LogP contribution in [0.2, 0.25) is 0 Å². The Hall–Kier alpha value is -7.69. The predicted octanol–water partition coefficient (Wildman–Crippen LogP) is 12.2. The van der Waals surface area contributed by atoms with Crippen molar-refractivity contribution in [3.05, 3.63) is 193 Å². The largest absolute Gasteiger partial charge is 0.481 e. The van der Waals surface area contributed by atoms with Crippen LogP contribution in [0.25, 0.3) is 0 Å². The van der Waals surface area contributed by atoms with E-state index in [0.717, 1.165) is 71.2 Å². The van der Waals surface area contributed by atoms with Crippen molar-refractivity contribution in [2.75, 3.05) is 20.5 Å². The molecule has 0 saturated carbocycles. The Labute approximate surface area is 436 Å². The number of rotatable bonds is 22. The van der Waals surface area contributed by atoms with Gasteiger partial charge >= 0.3 is 11.9 Å². The molecular formula is C58H70N8O7S. The van der Waals surface area contributed by atoms with E-state index in [4.69, 9.17) is 10.2 Å². The van der Waals surface area contributed by atoms with Gasteiger partial charge < -0.3 is 10.2 Å². The van der Waals surface area contributed by atoms with Crippen molar-refractivity contribution in [1.29, 1.82) is 0 Å². The lowest BCUT2D eigenvalue weighted by atomic mass is 9.76. The topological polar surface area (TPSA) is 191 Å². The summed E-state index contributed by atoms with van der Waals surface area (Å²) in [6, 6.07) is 60.7. The fourth-order valence-electron chi connectivity index (χ4n) is 8.96. The van der Waals surface area contributed by atoms with Crippen LogP contribution in [-0.2, 0) is 19.7 Å². The third-order valence-electron chi connectivity index (χ3n) is 13.2. The molecule has 2 aliphatic heterocycles. The summed E-state index contributed by atoms with van der Waals surface area (Å²) in [5.41, 5.74) is 12.9. The number of hydrazone groups is 2. The van der Waals surface area contributed by atoms with Gasteiger partial charge in [-0.05, 0) is 73.2 Å². The standard InChI is InChI=1S/C20H38O7S.2C19H16N4/c1-5-9-11-15(7-3)13-17(18(21)22)20(19(23)24,28(25,26)27)14-16(8-4)12-10-6-2;2*1-4-10-16(11-5-1)19-20-22(17-12-6-2-7-13-17)23(21-19)18-14-8-3-9-15-18/h15-17H,5-14H2,1-4H3,(H,21,22)(H,23,24)(H,25,26,27);2*1-15H,(H,20,21). The van der Waals surface area contributed by atoms with E-state index in [9.17, 15) is 32.8 Å². The summed E-state index contributed by atoms with van der Waals surface area (Å²) in [7, 11) is -5.15. The summed E-state index contributed by atoms with van der Waals surface area (Å²) >= 11 is 0. The highest BCUT2D eigenvalue weighted by Gasteiger charge is 2.60. The molecule has 0 bridgehead atoms. The number of unbranched alkanes of at least 4 members (excludes halogenated alkanes) is 2. The summed E-state index contributed by atoms with van der Waals surface area (Å²) in [4.78, 5) is 24.3. The molecule has 2 aliphatic rings. The number of carbonyl (C=O) groups is 2. The van der Waals surface area contributed by atoms with Crippen LogP contribution < -0.4 is 31.3 Å². The quantitative estimate of drug-likeness (QED) is 0.0404. The highest BCUT2D eigenvalue weighted by atomic mass is 32.2. The van der Waals surface area contributed by atoms with Crippen LogP contribution in [0.1, 0.15) is 103 Å². The van der Waals surface area contributed by atoms with E-state index >= 15 is 0 Å². The van der Waals surface area contributed by atoms with Crippen molar-refractivity contribution < 1.29 is 32.8 Å². The van der Waals surface area contributed by atoms with Crippen molar-refractivity contribution in [1.82, 2.24) is 10.9 Å². The Morgan fingerprint density at radius 2 is 0.865 bits per heavy atom. The second-order valence-corrected chi connectivity index (χ2v) is 19.9. The molecule has 390 valence electrons. The fraction of sp³-hybridized carbons (Fsp3) is 0.310. The molecule has 0 aromatic heterocycles. The molecule has 6 aromatic carbocycles. The van der Waals surface area contributed by atoms with Crippen LogP contribution >= 0.6 is 0 Å². The Morgan fingerprint density at radius 1 is 0.527 bits per heavy atom. The molecule has 15 nitrogen and oxygen atoms in total. The Bertz CT molecular complexity index is 2670. The highest BCUT2D eigenvalue weighted by molar-refractivity contribution is 7.88. The van der Waals surface area contributed by atoms with E-state index in [-0.39, 0.29) is 18.3 Å². The average molecular weight is 1020 g/mol. The van der Waals surface area contributed by atoms with E-state index < -0.39 is 39.1 Å². The number of hydrogen-bond acceptors (Lipinski definition) is 12. The van der Waals surface area contributed by atoms with Gasteiger partial charge in [-0.15, -0.1) is 10.2 Å².